The molecule has 0 saturated heterocycles. The summed E-state index contributed by atoms with van der Waals surface area (Å²) in [5.41, 5.74) is 4.34. The lowest BCUT2D eigenvalue weighted by molar-refractivity contribution is 0.628. The van der Waals surface area contributed by atoms with Gasteiger partial charge in [-0.2, -0.15) is 0 Å². The highest BCUT2D eigenvalue weighted by Crippen LogP contribution is 2.35. The number of hydrogen-bond donors (Lipinski definition) is 1. The molecule has 3 aromatic heterocycles. The van der Waals surface area contributed by atoms with Gasteiger partial charge in [-0.3, -0.25) is 4.40 Å². The Balaban J connectivity index is 1.88. The second-order valence-electron chi connectivity index (χ2n) is 6.49. The Hall–Kier alpha value is -2.80. The normalized spacial score (nSPS) is 11.4. The molecule has 1 aromatic carbocycles. The molecule has 3 heterocycles. The maximum absolute atomic E-state index is 13.8. The summed E-state index contributed by atoms with van der Waals surface area (Å²) in [7, 11) is 0. The molecule has 0 aliphatic heterocycles. The predicted molar refractivity (Wildman–Crippen MR) is 103 cm³/mol. The molecule has 0 amide bonds. The summed E-state index contributed by atoms with van der Waals surface area (Å²) < 4.78 is 15.7. The van der Waals surface area contributed by atoms with Crippen LogP contribution >= 0.6 is 11.3 Å². The topological polar surface area (TPSA) is 55.1 Å². The van der Waals surface area contributed by atoms with Crippen molar-refractivity contribution in [2.24, 2.45) is 0 Å². The molecule has 4 aromatic rings. The zero-order valence-corrected chi connectivity index (χ0v) is 15.5. The van der Waals surface area contributed by atoms with Crippen LogP contribution < -0.4 is 5.32 Å². The van der Waals surface area contributed by atoms with Crippen molar-refractivity contribution < 1.29 is 4.39 Å². The molecule has 0 aliphatic carbocycles. The molecule has 5 nitrogen and oxygen atoms in total. The van der Waals surface area contributed by atoms with Crippen LogP contribution in [0, 0.1) is 12.7 Å². The van der Waals surface area contributed by atoms with Gasteiger partial charge >= 0.3 is 0 Å². The monoisotopic (exact) mass is 367 g/mol. The Labute approximate surface area is 154 Å². The van der Waals surface area contributed by atoms with Crippen molar-refractivity contribution in [2.45, 2.75) is 26.8 Å². The zero-order valence-electron chi connectivity index (χ0n) is 14.7. The van der Waals surface area contributed by atoms with Crippen LogP contribution in [0.4, 0.5) is 9.52 Å². The van der Waals surface area contributed by atoms with E-state index in [0.717, 1.165) is 32.3 Å². The van der Waals surface area contributed by atoms with E-state index in [4.69, 9.17) is 0 Å². The van der Waals surface area contributed by atoms with E-state index in [1.807, 2.05) is 29.8 Å². The van der Waals surface area contributed by atoms with Crippen molar-refractivity contribution in [3.63, 3.8) is 0 Å². The van der Waals surface area contributed by atoms with Crippen LogP contribution in [0.25, 0.3) is 27.2 Å². The number of halogens is 1. The molecular weight excluding hydrogens is 349 g/mol. The average Bonchev–Trinajstić information content (AvgIpc) is 3.24. The molecule has 0 fully saturated rings. The Morgan fingerprint density at radius 1 is 1.19 bits per heavy atom. The van der Waals surface area contributed by atoms with Crippen LogP contribution in [0.5, 0.6) is 0 Å². The molecule has 0 atom stereocenters. The molecular formula is C19H18FN5S. The van der Waals surface area contributed by atoms with E-state index >= 15 is 0 Å². The predicted octanol–water partition coefficient (Wildman–Crippen LogP) is 4.79. The van der Waals surface area contributed by atoms with Gasteiger partial charge in [-0.05, 0) is 50.1 Å². The van der Waals surface area contributed by atoms with Gasteiger partial charge in [-0.15, -0.1) is 10.2 Å². The first kappa shape index (κ1) is 16.7. The van der Waals surface area contributed by atoms with Crippen molar-refractivity contribution in [2.75, 3.05) is 5.32 Å². The van der Waals surface area contributed by atoms with Crippen LogP contribution in [0.1, 0.15) is 19.4 Å². The van der Waals surface area contributed by atoms with Gasteiger partial charge < -0.3 is 5.32 Å². The second-order valence-corrected chi connectivity index (χ2v) is 7.52. The molecule has 0 bridgehead atoms. The highest BCUT2D eigenvalue weighted by molar-refractivity contribution is 7.18. The van der Waals surface area contributed by atoms with Crippen molar-refractivity contribution in [1.29, 1.82) is 0 Å². The lowest BCUT2D eigenvalue weighted by atomic mass is 10.00. The van der Waals surface area contributed by atoms with Crippen molar-refractivity contribution in [3.8, 4) is 21.6 Å². The van der Waals surface area contributed by atoms with Gasteiger partial charge in [0.1, 0.15) is 12.1 Å². The standard InChI is InChI=1S/C19H18FN5S/c1-11(2)23-19-21-8-17(26-19)13-6-16(18-24-22-10-25(18)9-13)15-7-14(20)5-4-12(15)3/h4-11H,1-3H3,(H,21,23). The van der Waals surface area contributed by atoms with Gasteiger partial charge in [0, 0.05) is 29.6 Å². The maximum Gasteiger partial charge on any atom is 0.183 e. The van der Waals surface area contributed by atoms with E-state index in [9.17, 15) is 4.39 Å². The molecule has 7 heteroatoms. The molecule has 0 aliphatic rings. The van der Waals surface area contributed by atoms with Gasteiger partial charge in [0.05, 0.1) is 4.88 Å². The third-order valence-electron chi connectivity index (χ3n) is 4.08. The molecule has 0 unspecified atom stereocenters. The number of pyridine rings is 1. The van der Waals surface area contributed by atoms with E-state index in [0.29, 0.717) is 11.7 Å². The highest BCUT2D eigenvalue weighted by atomic mass is 32.1. The van der Waals surface area contributed by atoms with Gasteiger partial charge in [0.15, 0.2) is 10.8 Å². The molecule has 0 saturated carbocycles. The Morgan fingerprint density at radius 2 is 2.04 bits per heavy atom. The number of aromatic nitrogens is 4. The van der Waals surface area contributed by atoms with E-state index in [1.165, 1.54) is 6.07 Å². The minimum absolute atomic E-state index is 0.269. The fraction of sp³-hybridized carbons (Fsp3) is 0.211. The van der Waals surface area contributed by atoms with Crippen molar-refractivity contribution in [1.82, 2.24) is 19.6 Å². The number of rotatable bonds is 4. The highest BCUT2D eigenvalue weighted by Gasteiger charge is 2.14. The van der Waals surface area contributed by atoms with Gasteiger partial charge in [-0.25, -0.2) is 9.37 Å². The van der Waals surface area contributed by atoms with Gasteiger partial charge in [0.25, 0.3) is 0 Å². The summed E-state index contributed by atoms with van der Waals surface area (Å²) in [6.45, 7) is 6.12. The van der Waals surface area contributed by atoms with Crippen molar-refractivity contribution >= 4 is 22.1 Å². The fourth-order valence-corrected chi connectivity index (χ4v) is 3.82. The number of aryl methyl sites for hydroxylation is 1. The van der Waals surface area contributed by atoms with Crippen LogP contribution in [0.2, 0.25) is 0 Å². The third-order valence-corrected chi connectivity index (χ3v) is 5.06. The molecule has 132 valence electrons. The Bertz CT molecular complexity index is 1080. The number of hydrogen-bond acceptors (Lipinski definition) is 5. The lowest BCUT2D eigenvalue weighted by Crippen LogP contribution is -2.08. The number of nitrogens with one attached hydrogen (secondary N) is 1. The first-order valence-electron chi connectivity index (χ1n) is 8.34. The summed E-state index contributed by atoms with van der Waals surface area (Å²) in [4.78, 5) is 5.47. The van der Waals surface area contributed by atoms with Crippen LogP contribution in [-0.4, -0.2) is 25.6 Å². The summed E-state index contributed by atoms with van der Waals surface area (Å²) in [5.74, 6) is -0.269. The zero-order chi connectivity index (χ0) is 18.3. The SMILES string of the molecule is Cc1ccc(F)cc1-c1cc(-c2cnc(NC(C)C)s2)cn2cnnc12. The number of anilines is 1. The minimum Gasteiger partial charge on any atom is -0.359 e. The van der Waals surface area contributed by atoms with Gasteiger partial charge in [0.2, 0.25) is 0 Å². The summed E-state index contributed by atoms with van der Waals surface area (Å²) >= 11 is 1.59. The number of fused-ring (bicyclic) bond motifs is 1. The summed E-state index contributed by atoms with van der Waals surface area (Å²) in [6.07, 6.45) is 5.48. The van der Waals surface area contributed by atoms with Crippen LogP contribution in [-0.2, 0) is 0 Å². The molecule has 4 rings (SSSR count). The molecule has 0 spiro atoms. The molecule has 0 radical (unpaired) electrons. The Kier molecular flexibility index (Phi) is 4.16. The fourth-order valence-electron chi connectivity index (χ4n) is 2.88. The smallest absolute Gasteiger partial charge is 0.183 e. The minimum atomic E-state index is -0.269. The maximum atomic E-state index is 13.8. The number of thiazole rings is 1. The Morgan fingerprint density at radius 3 is 2.85 bits per heavy atom. The van der Waals surface area contributed by atoms with Crippen LogP contribution in [0.3, 0.4) is 0 Å². The average molecular weight is 367 g/mol. The number of benzene rings is 1. The second kappa shape index (κ2) is 6.49. The largest absolute Gasteiger partial charge is 0.359 e. The van der Waals surface area contributed by atoms with Crippen molar-refractivity contribution in [3.05, 3.63) is 54.4 Å². The van der Waals surface area contributed by atoms with Crippen LogP contribution in [0.15, 0.2) is 43.0 Å². The summed E-state index contributed by atoms with van der Waals surface area (Å²) in [5, 5.41) is 12.4. The number of nitrogens with zero attached hydrogens (tertiary/aromatic N) is 4. The third kappa shape index (κ3) is 3.06. The van der Waals surface area contributed by atoms with E-state index in [-0.39, 0.29) is 5.82 Å². The first-order valence-corrected chi connectivity index (χ1v) is 9.15. The van der Waals surface area contributed by atoms with Gasteiger partial charge in [-0.1, -0.05) is 17.4 Å². The summed E-state index contributed by atoms with van der Waals surface area (Å²) in [6, 6.07) is 7.14. The van der Waals surface area contributed by atoms with E-state index in [2.05, 4.69) is 34.3 Å². The van der Waals surface area contributed by atoms with E-state index in [1.54, 1.807) is 29.8 Å². The first-order chi connectivity index (χ1) is 12.5. The van der Waals surface area contributed by atoms with E-state index < -0.39 is 0 Å². The lowest BCUT2D eigenvalue weighted by Gasteiger charge is -2.10. The molecule has 26 heavy (non-hydrogen) atoms. The quantitative estimate of drug-likeness (QED) is 0.564. The molecule has 1 N–H and O–H groups in total.